The van der Waals surface area contributed by atoms with Gasteiger partial charge < -0.3 is 4.57 Å². The number of nitrogens with zero attached hydrogens (tertiary/aromatic N) is 2. The van der Waals surface area contributed by atoms with Crippen LogP contribution in [0.4, 0.5) is 17.6 Å². The van der Waals surface area contributed by atoms with E-state index in [9.17, 15) is 17.6 Å². The van der Waals surface area contributed by atoms with Crippen LogP contribution in [-0.4, -0.2) is 9.55 Å². The first-order chi connectivity index (χ1) is 11.1. The zero-order valence-electron chi connectivity index (χ0n) is 13.4. The van der Waals surface area contributed by atoms with Gasteiger partial charge in [0.1, 0.15) is 16.3 Å². The molecule has 0 unspecified atom stereocenters. The van der Waals surface area contributed by atoms with E-state index in [0.29, 0.717) is 34.5 Å². The van der Waals surface area contributed by atoms with Crippen molar-refractivity contribution in [3.05, 3.63) is 40.6 Å². The lowest BCUT2D eigenvalue weighted by molar-refractivity contribution is -0.133. The van der Waals surface area contributed by atoms with Crippen molar-refractivity contribution in [3.63, 3.8) is 0 Å². The van der Waals surface area contributed by atoms with E-state index in [1.54, 1.807) is 10.8 Å². The molecule has 0 aliphatic rings. The summed E-state index contributed by atoms with van der Waals surface area (Å²) in [4.78, 5) is 3.42. The first-order valence-electron chi connectivity index (χ1n) is 7.36. The van der Waals surface area contributed by atoms with E-state index < -0.39 is 16.9 Å². The summed E-state index contributed by atoms with van der Waals surface area (Å²) in [6, 6.07) is 2.67. The number of fused-ring (bicyclic) bond motifs is 1. The van der Waals surface area contributed by atoms with Gasteiger partial charge in [-0.2, -0.15) is 13.2 Å². The van der Waals surface area contributed by atoms with Crippen molar-refractivity contribution in [1.29, 1.82) is 0 Å². The molecule has 0 saturated heterocycles. The summed E-state index contributed by atoms with van der Waals surface area (Å²) in [7, 11) is 0. The molecule has 0 aliphatic heterocycles. The predicted molar refractivity (Wildman–Crippen MR) is 87.5 cm³/mol. The van der Waals surface area contributed by atoms with Crippen molar-refractivity contribution in [2.24, 2.45) is 5.41 Å². The summed E-state index contributed by atoms with van der Waals surface area (Å²) in [5.74, 6) is -0.568. The second kappa shape index (κ2) is 5.58. The van der Waals surface area contributed by atoms with E-state index in [1.165, 1.54) is 17.5 Å². The molecule has 128 valence electrons. The Morgan fingerprint density at radius 2 is 1.88 bits per heavy atom. The van der Waals surface area contributed by atoms with E-state index in [4.69, 9.17) is 0 Å². The molecule has 3 aromatic heterocycles. The van der Waals surface area contributed by atoms with Crippen LogP contribution in [0, 0.1) is 11.2 Å². The van der Waals surface area contributed by atoms with Crippen LogP contribution in [0.1, 0.15) is 25.6 Å². The molecule has 7 heteroatoms. The highest BCUT2D eigenvalue weighted by Crippen LogP contribution is 2.43. The molecular formula is C17H16F4N2S. The predicted octanol–water partition coefficient (Wildman–Crippen LogP) is 5.97. The third kappa shape index (κ3) is 3.17. The summed E-state index contributed by atoms with van der Waals surface area (Å²) in [6.07, 6.45) is -1.72. The van der Waals surface area contributed by atoms with Gasteiger partial charge in [-0.05, 0) is 22.9 Å². The minimum absolute atomic E-state index is 0.0672. The highest BCUT2D eigenvalue weighted by atomic mass is 32.1. The van der Waals surface area contributed by atoms with Crippen molar-refractivity contribution in [3.8, 4) is 11.1 Å². The minimum Gasteiger partial charge on any atom is -0.331 e. The first kappa shape index (κ1) is 17.0. The number of hydrogen-bond donors (Lipinski definition) is 0. The van der Waals surface area contributed by atoms with Gasteiger partial charge in [-0.1, -0.05) is 20.8 Å². The van der Waals surface area contributed by atoms with Gasteiger partial charge in [0.25, 0.3) is 0 Å². The molecule has 0 spiro atoms. The average molecular weight is 356 g/mol. The SMILES string of the molecule is CC(C)(C)Cn1cc(-c2ccsc2C(F)(F)F)c2cc(F)cnc21. The van der Waals surface area contributed by atoms with Crippen molar-refractivity contribution in [2.45, 2.75) is 33.5 Å². The van der Waals surface area contributed by atoms with Crippen LogP contribution in [-0.2, 0) is 12.7 Å². The van der Waals surface area contributed by atoms with E-state index in [1.807, 2.05) is 20.8 Å². The molecule has 0 aliphatic carbocycles. The maximum atomic E-state index is 13.6. The molecule has 0 N–H and O–H groups in total. The Kier molecular flexibility index (Phi) is 3.94. The number of thiophene rings is 1. The minimum atomic E-state index is -4.44. The van der Waals surface area contributed by atoms with Crippen molar-refractivity contribution >= 4 is 22.4 Å². The fourth-order valence-corrected chi connectivity index (χ4v) is 3.51. The number of aromatic nitrogens is 2. The maximum absolute atomic E-state index is 13.6. The van der Waals surface area contributed by atoms with Gasteiger partial charge in [0.15, 0.2) is 0 Å². The Balaban J connectivity index is 2.26. The molecule has 3 heterocycles. The second-order valence-electron chi connectivity index (χ2n) is 6.92. The molecule has 3 rings (SSSR count). The van der Waals surface area contributed by atoms with E-state index in [2.05, 4.69) is 4.98 Å². The first-order valence-corrected chi connectivity index (χ1v) is 8.24. The van der Waals surface area contributed by atoms with Crippen LogP contribution in [0.25, 0.3) is 22.2 Å². The summed E-state index contributed by atoms with van der Waals surface area (Å²) < 4.78 is 55.2. The molecule has 0 aromatic carbocycles. The van der Waals surface area contributed by atoms with Crippen LogP contribution in [0.2, 0.25) is 0 Å². The lowest BCUT2D eigenvalue weighted by Gasteiger charge is -2.19. The van der Waals surface area contributed by atoms with E-state index >= 15 is 0 Å². The Morgan fingerprint density at radius 3 is 2.50 bits per heavy atom. The fraction of sp³-hybridized carbons (Fsp3) is 0.353. The maximum Gasteiger partial charge on any atom is 0.426 e. The number of pyridine rings is 1. The number of alkyl halides is 3. The second-order valence-corrected chi connectivity index (χ2v) is 7.83. The van der Waals surface area contributed by atoms with Gasteiger partial charge >= 0.3 is 6.18 Å². The quantitative estimate of drug-likeness (QED) is 0.517. The molecule has 0 amide bonds. The lowest BCUT2D eigenvalue weighted by Crippen LogP contribution is -2.15. The zero-order chi connectivity index (χ0) is 17.7. The van der Waals surface area contributed by atoms with Crippen LogP contribution >= 0.6 is 11.3 Å². The van der Waals surface area contributed by atoms with Crippen molar-refractivity contribution in [2.75, 3.05) is 0 Å². The van der Waals surface area contributed by atoms with Gasteiger partial charge in [0.2, 0.25) is 0 Å². The zero-order valence-corrected chi connectivity index (χ0v) is 14.2. The highest BCUT2D eigenvalue weighted by molar-refractivity contribution is 7.10. The Bertz CT molecular complexity index is 884. The number of hydrogen-bond acceptors (Lipinski definition) is 2. The number of rotatable bonds is 2. The lowest BCUT2D eigenvalue weighted by atomic mass is 9.97. The topological polar surface area (TPSA) is 17.8 Å². The van der Waals surface area contributed by atoms with Gasteiger partial charge in [0, 0.05) is 29.3 Å². The third-order valence-corrected chi connectivity index (χ3v) is 4.50. The molecule has 3 aromatic rings. The van der Waals surface area contributed by atoms with Crippen LogP contribution in [0.3, 0.4) is 0 Å². The molecule has 0 radical (unpaired) electrons. The summed E-state index contributed by atoms with van der Waals surface area (Å²) in [5, 5.41) is 1.79. The van der Waals surface area contributed by atoms with E-state index in [-0.39, 0.29) is 11.0 Å². The molecule has 0 bridgehead atoms. The van der Waals surface area contributed by atoms with E-state index in [0.717, 1.165) is 6.20 Å². The Labute approximate surface area is 140 Å². The highest BCUT2D eigenvalue weighted by Gasteiger charge is 2.36. The Morgan fingerprint density at radius 1 is 1.17 bits per heavy atom. The molecule has 2 nitrogen and oxygen atoms in total. The average Bonchev–Trinajstić information content (AvgIpc) is 3.01. The smallest absolute Gasteiger partial charge is 0.331 e. The fourth-order valence-electron chi connectivity index (χ4n) is 2.73. The molecule has 24 heavy (non-hydrogen) atoms. The molecule has 0 saturated carbocycles. The number of halogens is 4. The van der Waals surface area contributed by atoms with Gasteiger partial charge in [-0.15, -0.1) is 11.3 Å². The molecule has 0 atom stereocenters. The van der Waals surface area contributed by atoms with Gasteiger partial charge in [-0.25, -0.2) is 9.37 Å². The largest absolute Gasteiger partial charge is 0.426 e. The van der Waals surface area contributed by atoms with Crippen molar-refractivity contribution < 1.29 is 17.6 Å². The monoisotopic (exact) mass is 356 g/mol. The molecule has 0 fully saturated rings. The van der Waals surface area contributed by atoms with Crippen molar-refractivity contribution in [1.82, 2.24) is 9.55 Å². The van der Waals surface area contributed by atoms with Crippen LogP contribution in [0.15, 0.2) is 29.9 Å². The van der Waals surface area contributed by atoms with Crippen LogP contribution in [0.5, 0.6) is 0 Å². The normalized spacial score (nSPS) is 13.0. The van der Waals surface area contributed by atoms with Gasteiger partial charge in [0.05, 0.1) is 6.20 Å². The third-order valence-electron chi connectivity index (χ3n) is 3.54. The standard InChI is InChI=1S/C17H16F4N2S/c1-16(2,3)9-23-8-13(12-6-10(18)7-22-15(12)23)11-4-5-24-14(11)17(19,20)21/h4-8H,9H2,1-3H3. The summed E-state index contributed by atoms with van der Waals surface area (Å²) in [5.41, 5.74) is 0.814. The summed E-state index contributed by atoms with van der Waals surface area (Å²) >= 11 is 0.638. The Hall–Kier alpha value is -1.89. The van der Waals surface area contributed by atoms with Gasteiger partial charge in [-0.3, -0.25) is 0 Å². The molecular weight excluding hydrogens is 340 g/mol. The summed E-state index contributed by atoms with van der Waals surface area (Å²) in [6.45, 7) is 6.63. The van der Waals surface area contributed by atoms with Crippen LogP contribution < -0.4 is 0 Å².